The molecule has 0 aliphatic carbocycles. The van der Waals surface area contributed by atoms with Crippen LogP contribution in [-0.2, 0) is 6.18 Å². The first-order chi connectivity index (χ1) is 8.78. The van der Waals surface area contributed by atoms with E-state index in [0.29, 0.717) is 0 Å². The normalized spacial score (nSPS) is 13.4. The SMILES string of the molecule is CC(C)(C)CC(C)(C)Nc1cc(Cl)nc(C(F)(F)F)n1. The summed E-state index contributed by atoms with van der Waals surface area (Å²) < 4.78 is 37.9. The Bertz CT molecular complexity index is 479. The van der Waals surface area contributed by atoms with Gasteiger partial charge in [0.15, 0.2) is 0 Å². The first kappa shape index (κ1) is 17.0. The Morgan fingerprint density at radius 1 is 1.10 bits per heavy atom. The monoisotopic (exact) mass is 309 g/mol. The van der Waals surface area contributed by atoms with Gasteiger partial charge in [-0.25, -0.2) is 9.97 Å². The van der Waals surface area contributed by atoms with E-state index in [2.05, 4.69) is 36.1 Å². The van der Waals surface area contributed by atoms with Crippen LogP contribution in [-0.4, -0.2) is 15.5 Å². The summed E-state index contributed by atoms with van der Waals surface area (Å²) >= 11 is 5.63. The number of anilines is 1. The molecule has 1 heterocycles. The van der Waals surface area contributed by atoms with Gasteiger partial charge in [-0.3, -0.25) is 0 Å². The van der Waals surface area contributed by atoms with Crippen molar-refractivity contribution >= 4 is 17.4 Å². The van der Waals surface area contributed by atoms with Gasteiger partial charge in [-0.1, -0.05) is 32.4 Å². The molecule has 0 saturated carbocycles. The molecule has 1 N–H and O–H groups in total. The number of nitrogens with one attached hydrogen (secondary N) is 1. The maximum atomic E-state index is 12.6. The Morgan fingerprint density at radius 3 is 2.10 bits per heavy atom. The maximum absolute atomic E-state index is 12.6. The van der Waals surface area contributed by atoms with Gasteiger partial charge in [0, 0.05) is 11.6 Å². The molecule has 20 heavy (non-hydrogen) atoms. The van der Waals surface area contributed by atoms with Crippen LogP contribution in [0.1, 0.15) is 46.9 Å². The van der Waals surface area contributed by atoms with E-state index < -0.39 is 17.5 Å². The molecule has 0 spiro atoms. The van der Waals surface area contributed by atoms with Gasteiger partial charge in [0.1, 0.15) is 11.0 Å². The molecule has 0 aliphatic heterocycles. The number of alkyl halides is 3. The van der Waals surface area contributed by atoms with E-state index in [-0.39, 0.29) is 16.4 Å². The second kappa shape index (κ2) is 5.39. The zero-order valence-electron chi connectivity index (χ0n) is 12.2. The highest BCUT2D eigenvalue weighted by molar-refractivity contribution is 6.29. The molecule has 3 nitrogen and oxygen atoms in total. The van der Waals surface area contributed by atoms with E-state index in [1.54, 1.807) is 0 Å². The first-order valence-electron chi connectivity index (χ1n) is 6.18. The molecule has 0 aromatic carbocycles. The van der Waals surface area contributed by atoms with Crippen molar-refractivity contribution < 1.29 is 13.2 Å². The van der Waals surface area contributed by atoms with E-state index in [1.165, 1.54) is 6.07 Å². The molecule has 1 aromatic heterocycles. The molecule has 0 fully saturated rings. The van der Waals surface area contributed by atoms with Gasteiger partial charge in [0.2, 0.25) is 5.82 Å². The van der Waals surface area contributed by atoms with Gasteiger partial charge in [-0.05, 0) is 25.7 Å². The highest BCUT2D eigenvalue weighted by atomic mass is 35.5. The Labute approximate surface area is 122 Å². The highest BCUT2D eigenvalue weighted by Gasteiger charge is 2.36. The van der Waals surface area contributed by atoms with E-state index in [9.17, 15) is 13.2 Å². The smallest absolute Gasteiger partial charge is 0.365 e. The van der Waals surface area contributed by atoms with Crippen LogP contribution in [0.15, 0.2) is 6.07 Å². The predicted molar refractivity (Wildman–Crippen MR) is 73.8 cm³/mol. The average molecular weight is 310 g/mol. The summed E-state index contributed by atoms with van der Waals surface area (Å²) in [6.45, 7) is 9.99. The lowest BCUT2D eigenvalue weighted by Gasteiger charge is -2.33. The van der Waals surface area contributed by atoms with Crippen molar-refractivity contribution in [2.24, 2.45) is 5.41 Å². The minimum Gasteiger partial charge on any atom is -0.365 e. The van der Waals surface area contributed by atoms with E-state index in [0.717, 1.165) is 6.42 Å². The zero-order valence-corrected chi connectivity index (χ0v) is 12.9. The third kappa shape index (κ3) is 5.53. The summed E-state index contributed by atoms with van der Waals surface area (Å²) in [6.07, 6.45) is -3.86. The fourth-order valence-corrected chi connectivity index (χ4v) is 2.51. The van der Waals surface area contributed by atoms with Crippen molar-refractivity contribution in [2.45, 2.75) is 52.8 Å². The third-order valence-corrected chi connectivity index (χ3v) is 2.58. The number of hydrogen-bond acceptors (Lipinski definition) is 3. The summed E-state index contributed by atoms with van der Waals surface area (Å²) in [5.74, 6) is -1.16. The molecule has 0 saturated heterocycles. The molecular weight excluding hydrogens is 291 g/mol. The number of aromatic nitrogens is 2. The van der Waals surface area contributed by atoms with E-state index >= 15 is 0 Å². The summed E-state index contributed by atoms with van der Waals surface area (Å²) in [6, 6.07) is 1.29. The van der Waals surface area contributed by atoms with Crippen LogP contribution in [0, 0.1) is 5.41 Å². The highest BCUT2D eigenvalue weighted by Crippen LogP contribution is 2.32. The molecular formula is C13H19ClF3N3. The number of rotatable bonds is 3. The average Bonchev–Trinajstić information content (AvgIpc) is 2.09. The maximum Gasteiger partial charge on any atom is 0.451 e. The van der Waals surface area contributed by atoms with Crippen LogP contribution in [0.2, 0.25) is 5.15 Å². The Kier molecular flexibility index (Phi) is 4.58. The lowest BCUT2D eigenvalue weighted by atomic mass is 9.82. The predicted octanol–water partition coefficient (Wildman–Crippen LogP) is 4.78. The van der Waals surface area contributed by atoms with Gasteiger partial charge in [-0.2, -0.15) is 13.2 Å². The third-order valence-electron chi connectivity index (χ3n) is 2.39. The molecule has 0 amide bonds. The fourth-order valence-electron chi connectivity index (χ4n) is 2.33. The van der Waals surface area contributed by atoms with Crippen molar-refractivity contribution in [1.82, 2.24) is 9.97 Å². The molecule has 0 unspecified atom stereocenters. The van der Waals surface area contributed by atoms with E-state index in [4.69, 9.17) is 11.6 Å². The zero-order chi connectivity index (χ0) is 15.8. The first-order valence-corrected chi connectivity index (χ1v) is 6.56. The number of nitrogens with zero attached hydrogens (tertiary/aromatic N) is 2. The van der Waals surface area contributed by atoms with Crippen LogP contribution < -0.4 is 5.32 Å². The van der Waals surface area contributed by atoms with Crippen molar-refractivity contribution in [1.29, 1.82) is 0 Å². The summed E-state index contributed by atoms with van der Waals surface area (Å²) in [4.78, 5) is 6.69. The molecule has 0 bridgehead atoms. The van der Waals surface area contributed by atoms with Gasteiger partial charge in [0.05, 0.1) is 0 Å². The molecule has 7 heteroatoms. The number of halogens is 4. The van der Waals surface area contributed by atoms with Crippen LogP contribution in [0.25, 0.3) is 0 Å². The molecule has 1 aromatic rings. The Balaban J connectivity index is 3.01. The minimum absolute atomic E-state index is 0.0280. The quantitative estimate of drug-likeness (QED) is 0.817. The number of hydrogen-bond donors (Lipinski definition) is 1. The topological polar surface area (TPSA) is 37.8 Å². The lowest BCUT2D eigenvalue weighted by Crippen LogP contribution is -2.36. The fraction of sp³-hybridized carbons (Fsp3) is 0.692. The van der Waals surface area contributed by atoms with Crippen LogP contribution >= 0.6 is 11.6 Å². The lowest BCUT2D eigenvalue weighted by molar-refractivity contribution is -0.144. The van der Waals surface area contributed by atoms with Gasteiger partial charge < -0.3 is 5.32 Å². The standard InChI is InChI=1S/C13H19ClF3N3/c1-11(2,3)7-12(4,5)20-9-6-8(14)18-10(19-9)13(15,16)17/h6H,7H2,1-5H3,(H,18,19,20). The minimum atomic E-state index is -4.62. The van der Waals surface area contributed by atoms with Crippen molar-refractivity contribution in [3.63, 3.8) is 0 Å². The van der Waals surface area contributed by atoms with Gasteiger partial charge >= 0.3 is 6.18 Å². The molecule has 0 aliphatic rings. The second-order valence-electron chi connectivity index (χ2n) is 6.64. The second-order valence-corrected chi connectivity index (χ2v) is 7.03. The summed E-state index contributed by atoms with van der Waals surface area (Å²) in [5, 5.41) is 2.76. The van der Waals surface area contributed by atoms with Crippen molar-refractivity contribution in [3.8, 4) is 0 Å². The Hall–Kier alpha value is -1.04. The molecule has 1 rings (SSSR count). The molecule has 0 radical (unpaired) electrons. The van der Waals surface area contributed by atoms with Gasteiger partial charge in [-0.15, -0.1) is 0 Å². The van der Waals surface area contributed by atoms with Crippen LogP contribution in [0.5, 0.6) is 0 Å². The molecule has 114 valence electrons. The molecule has 0 atom stereocenters. The summed E-state index contributed by atoms with van der Waals surface area (Å²) in [5.41, 5.74) is -0.390. The Morgan fingerprint density at radius 2 is 1.65 bits per heavy atom. The largest absolute Gasteiger partial charge is 0.451 e. The van der Waals surface area contributed by atoms with E-state index in [1.807, 2.05) is 13.8 Å². The van der Waals surface area contributed by atoms with Crippen molar-refractivity contribution in [2.75, 3.05) is 5.32 Å². The van der Waals surface area contributed by atoms with Crippen molar-refractivity contribution in [3.05, 3.63) is 17.0 Å². The summed E-state index contributed by atoms with van der Waals surface area (Å²) in [7, 11) is 0. The van der Waals surface area contributed by atoms with Crippen LogP contribution in [0.3, 0.4) is 0 Å². The van der Waals surface area contributed by atoms with Gasteiger partial charge in [0.25, 0.3) is 0 Å². The van der Waals surface area contributed by atoms with Crippen LogP contribution in [0.4, 0.5) is 19.0 Å².